The van der Waals surface area contributed by atoms with Crippen molar-refractivity contribution in [3.8, 4) is 0 Å². The van der Waals surface area contributed by atoms with Crippen LogP contribution in [-0.4, -0.2) is 19.7 Å². The van der Waals surface area contributed by atoms with Crippen molar-refractivity contribution in [1.82, 2.24) is 5.32 Å². The van der Waals surface area contributed by atoms with Crippen molar-refractivity contribution in [3.63, 3.8) is 0 Å². The molecular weight excluding hydrogens is 229 g/mol. The van der Waals surface area contributed by atoms with Crippen LogP contribution >= 0.6 is 0 Å². The smallest absolute Gasteiger partial charge is 0.123 e. The molecule has 2 nitrogen and oxygen atoms in total. The van der Waals surface area contributed by atoms with Crippen LogP contribution in [0.1, 0.15) is 37.0 Å². The Morgan fingerprint density at radius 2 is 2.28 bits per heavy atom. The normalized spacial score (nSPS) is 24.2. The largest absolute Gasteiger partial charge is 0.373 e. The van der Waals surface area contributed by atoms with Gasteiger partial charge in [0.1, 0.15) is 5.82 Å². The maximum absolute atomic E-state index is 13.4. The van der Waals surface area contributed by atoms with E-state index in [2.05, 4.69) is 12.2 Å². The highest BCUT2D eigenvalue weighted by molar-refractivity contribution is 5.29. The van der Waals surface area contributed by atoms with Gasteiger partial charge in [-0.15, -0.1) is 0 Å². The highest BCUT2D eigenvalue weighted by atomic mass is 19.1. The number of hydrogen-bond donors (Lipinski definition) is 1. The first-order valence-electron chi connectivity index (χ1n) is 6.80. The molecular formula is C15H22FNO. The minimum Gasteiger partial charge on any atom is -0.373 e. The fraction of sp³-hybridized carbons (Fsp3) is 0.600. The van der Waals surface area contributed by atoms with E-state index in [0.29, 0.717) is 5.92 Å². The predicted octanol–water partition coefficient (Wildman–Crippen LogP) is 3.21. The first-order valence-corrected chi connectivity index (χ1v) is 6.80. The maximum Gasteiger partial charge on any atom is 0.123 e. The Labute approximate surface area is 109 Å². The van der Waals surface area contributed by atoms with Crippen LogP contribution in [0.25, 0.3) is 0 Å². The Kier molecular flexibility index (Phi) is 4.72. The highest BCUT2D eigenvalue weighted by Gasteiger charge is 2.28. The summed E-state index contributed by atoms with van der Waals surface area (Å²) in [5, 5.41) is 3.38. The lowest BCUT2D eigenvalue weighted by Crippen LogP contribution is -2.32. The fourth-order valence-electron chi connectivity index (χ4n) is 2.64. The monoisotopic (exact) mass is 251 g/mol. The Balaban J connectivity index is 2.19. The van der Waals surface area contributed by atoms with Crippen LogP contribution in [0, 0.1) is 18.7 Å². The number of ether oxygens (including phenoxy) is 1. The molecule has 1 saturated heterocycles. The van der Waals surface area contributed by atoms with Crippen molar-refractivity contribution in [1.29, 1.82) is 0 Å². The zero-order valence-electron chi connectivity index (χ0n) is 11.2. The van der Waals surface area contributed by atoms with E-state index >= 15 is 0 Å². The lowest BCUT2D eigenvalue weighted by atomic mass is 9.87. The van der Waals surface area contributed by atoms with Crippen LogP contribution in [-0.2, 0) is 4.74 Å². The van der Waals surface area contributed by atoms with Gasteiger partial charge in [-0.3, -0.25) is 0 Å². The molecule has 1 N–H and O–H groups in total. The predicted molar refractivity (Wildman–Crippen MR) is 71.1 cm³/mol. The van der Waals surface area contributed by atoms with E-state index in [9.17, 15) is 4.39 Å². The molecule has 0 aliphatic carbocycles. The number of aryl methyl sites for hydroxylation is 1. The lowest BCUT2D eigenvalue weighted by molar-refractivity contribution is -0.0281. The summed E-state index contributed by atoms with van der Waals surface area (Å²) in [7, 11) is 0. The van der Waals surface area contributed by atoms with Crippen LogP contribution in [0.5, 0.6) is 0 Å². The van der Waals surface area contributed by atoms with Gasteiger partial charge in [-0.05, 0) is 49.6 Å². The van der Waals surface area contributed by atoms with E-state index in [1.807, 2.05) is 13.0 Å². The molecule has 0 spiro atoms. The summed E-state index contributed by atoms with van der Waals surface area (Å²) in [4.78, 5) is 0. The Morgan fingerprint density at radius 1 is 1.44 bits per heavy atom. The number of halogens is 1. The summed E-state index contributed by atoms with van der Waals surface area (Å²) in [5.74, 6) is 0.270. The van der Waals surface area contributed by atoms with Crippen LogP contribution in [0.4, 0.5) is 4.39 Å². The Bertz CT molecular complexity index is 394. The zero-order valence-corrected chi connectivity index (χ0v) is 11.2. The molecule has 0 amide bonds. The number of nitrogens with one attached hydrogen (secondary N) is 1. The van der Waals surface area contributed by atoms with Crippen molar-refractivity contribution in [3.05, 3.63) is 35.1 Å². The molecule has 1 aliphatic heterocycles. The SMILES string of the molecule is CCNCC1CCCOC1c1cc(F)ccc1C. The minimum absolute atomic E-state index is 0.0356. The van der Waals surface area contributed by atoms with E-state index < -0.39 is 0 Å². The van der Waals surface area contributed by atoms with E-state index in [0.717, 1.165) is 43.7 Å². The third-order valence-corrected chi connectivity index (χ3v) is 3.65. The number of hydrogen-bond acceptors (Lipinski definition) is 2. The highest BCUT2D eigenvalue weighted by Crippen LogP contribution is 2.35. The van der Waals surface area contributed by atoms with Gasteiger partial charge in [0.2, 0.25) is 0 Å². The molecule has 18 heavy (non-hydrogen) atoms. The second-order valence-electron chi connectivity index (χ2n) is 5.00. The molecule has 0 radical (unpaired) electrons. The molecule has 100 valence electrons. The molecule has 0 bridgehead atoms. The second-order valence-corrected chi connectivity index (χ2v) is 5.00. The topological polar surface area (TPSA) is 21.3 Å². The first kappa shape index (κ1) is 13.5. The maximum atomic E-state index is 13.4. The van der Waals surface area contributed by atoms with Gasteiger partial charge in [-0.25, -0.2) is 4.39 Å². The third kappa shape index (κ3) is 3.09. The molecule has 1 aromatic rings. The molecule has 2 unspecified atom stereocenters. The molecule has 3 heteroatoms. The number of benzene rings is 1. The van der Waals surface area contributed by atoms with Crippen LogP contribution in [0.15, 0.2) is 18.2 Å². The summed E-state index contributed by atoms with van der Waals surface area (Å²) < 4.78 is 19.3. The van der Waals surface area contributed by atoms with Crippen molar-refractivity contribution in [2.45, 2.75) is 32.8 Å². The molecule has 0 aromatic heterocycles. The van der Waals surface area contributed by atoms with E-state index in [4.69, 9.17) is 4.74 Å². The van der Waals surface area contributed by atoms with Gasteiger partial charge in [0.25, 0.3) is 0 Å². The van der Waals surface area contributed by atoms with Gasteiger partial charge in [0.05, 0.1) is 6.10 Å². The standard InChI is InChI=1S/C15H22FNO/c1-3-17-10-12-5-4-8-18-15(12)14-9-13(16)7-6-11(14)2/h6-7,9,12,15,17H,3-5,8,10H2,1-2H3. The quantitative estimate of drug-likeness (QED) is 0.887. The Hall–Kier alpha value is -0.930. The van der Waals surface area contributed by atoms with Crippen LogP contribution in [0.3, 0.4) is 0 Å². The summed E-state index contributed by atoms with van der Waals surface area (Å²) in [6, 6.07) is 4.98. The van der Waals surface area contributed by atoms with Gasteiger partial charge < -0.3 is 10.1 Å². The zero-order chi connectivity index (χ0) is 13.0. The lowest BCUT2D eigenvalue weighted by Gasteiger charge is -2.33. The van der Waals surface area contributed by atoms with Crippen LogP contribution < -0.4 is 5.32 Å². The molecule has 1 heterocycles. The summed E-state index contributed by atoms with van der Waals surface area (Å²) in [6.45, 7) is 6.81. The first-order chi connectivity index (χ1) is 8.72. The van der Waals surface area contributed by atoms with Gasteiger partial charge in [-0.2, -0.15) is 0 Å². The molecule has 1 aliphatic rings. The van der Waals surface area contributed by atoms with E-state index in [1.165, 1.54) is 6.07 Å². The van der Waals surface area contributed by atoms with Crippen molar-refractivity contribution < 1.29 is 9.13 Å². The minimum atomic E-state index is -0.174. The second kappa shape index (κ2) is 6.30. The molecule has 0 saturated carbocycles. The van der Waals surface area contributed by atoms with E-state index in [1.54, 1.807) is 6.07 Å². The fourth-order valence-corrected chi connectivity index (χ4v) is 2.64. The summed E-state index contributed by atoms with van der Waals surface area (Å²) in [6.07, 6.45) is 2.28. The van der Waals surface area contributed by atoms with Crippen molar-refractivity contribution in [2.24, 2.45) is 5.92 Å². The summed E-state index contributed by atoms with van der Waals surface area (Å²) in [5.41, 5.74) is 2.13. The molecule has 1 aromatic carbocycles. The van der Waals surface area contributed by atoms with Crippen molar-refractivity contribution in [2.75, 3.05) is 19.7 Å². The molecule has 2 rings (SSSR count). The third-order valence-electron chi connectivity index (χ3n) is 3.65. The van der Waals surface area contributed by atoms with Crippen LogP contribution in [0.2, 0.25) is 0 Å². The van der Waals surface area contributed by atoms with E-state index in [-0.39, 0.29) is 11.9 Å². The number of rotatable bonds is 4. The molecule has 2 atom stereocenters. The van der Waals surface area contributed by atoms with Gasteiger partial charge >= 0.3 is 0 Å². The molecule has 1 fully saturated rings. The summed E-state index contributed by atoms with van der Waals surface area (Å²) >= 11 is 0. The Morgan fingerprint density at radius 3 is 3.06 bits per heavy atom. The average Bonchev–Trinajstić information content (AvgIpc) is 2.39. The average molecular weight is 251 g/mol. The van der Waals surface area contributed by atoms with Gasteiger partial charge in [0.15, 0.2) is 0 Å². The van der Waals surface area contributed by atoms with Gasteiger partial charge in [0, 0.05) is 19.1 Å². The van der Waals surface area contributed by atoms with Crippen molar-refractivity contribution >= 4 is 0 Å². The van der Waals surface area contributed by atoms with Gasteiger partial charge in [-0.1, -0.05) is 13.0 Å².